The molecule has 5 heterocycles. The summed E-state index contributed by atoms with van der Waals surface area (Å²) in [5, 5.41) is 38.0. The Kier molecular flexibility index (Phi) is 7.01. The monoisotopic (exact) mass is 585 g/mol. The van der Waals surface area contributed by atoms with Gasteiger partial charge in [0.25, 0.3) is 0 Å². The zero-order chi connectivity index (χ0) is 29.8. The maximum atomic E-state index is 12.2. The molecule has 2 N–H and O–H groups in total. The fourth-order valence-corrected chi connectivity index (χ4v) is 7.42. The first kappa shape index (κ1) is 27.9. The van der Waals surface area contributed by atoms with Gasteiger partial charge in [-0.05, 0) is 83.6 Å². The van der Waals surface area contributed by atoms with Crippen molar-refractivity contribution in [2.75, 3.05) is 23.3 Å². The lowest BCUT2D eigenvalue weighted by atomic mass is 9.88. The number of hydrogen-bond acceptors (Lipinski definition) is 9. The Bertz CT molecular complexity index is 1670. The smallest absolute Gasteiger partial charge is 0.408 e. The van der Waals surface area contributed by atoms with Gasteiger partial charge in [0.15, 0.2) is 5.01 Å². The van der Waals surface area contributed by atoms with Crippen LogP contribution in [0.1, 0.15) is 53.0 Å². The Morgan fingerprint density at radius 2 is 1.90 bits per heavy atom. The molecule has 1 aliphatic carbocycles. The molecule has 3 atom stereocenters. The highest BCUT2D eigenvalue weighted by Crippen LogP contribution is 2.45. The molecule has 1 unspecified atom stereocenters. The summed E-state index contributed by atoms with van der Waals surface area (Å²) in [4.78, 5) is 21.0. The van der Waals surface area contributed by atoms with Crippen LogP contribution in [-0.2, 0) is 0 Å². The zero-order valence-electron chi connectivity index (χ0n) is 24.4. The number of rotatable bonds is 6. The summed E-state index contributed by atoms with van der Waals surface area (Å²) in [5.41, 5.74) is 4.25. The van der Waals surface area contributed by atoms with Crippen LogP contribution in [0.3, 0.4) is 0 Å². The van der Waals surface area contributed by atoms with Gasteiger partial charge in [-0.3, -0.25) is 9.88 Å². The minimum absolute atomic E-state index is 0.0239. The minimum Gasteiger partial charge on any atom is -0.465 e. The number of carboxylic acid groups (broad SMARTS) is 1. The number of anilines is 2. The van der Waals surface area contributed by atoms with Crippen LogP contribution in [-0.4, -0.2) is 71.6 Å². The SMILES string of the molecule is CC(C)Nc1cc(-c2ccc3cc(C#N)cnn23)ncc1-c1nnc(N2C[C@H]3CC[C@@H](C2)C3N(C(=O)O)C(C)(C)C)s1. The highest BCUT2D eigenvalue weighted by atomic mass is 32.1. The lowest BCUT2D eigenvalue weighted by Crippen LogP contribution is -2.59. The van der Waals surface area contributed by atoms with Crippen LogP contribution < -0.4 is 10.2 Å². The summed E-state index contributed by atoms with van der Waals surface area (Å²) in [5.74, 6) is 0.528. The molecule has 42 heavy (non-hydrogen) atoms. The second-order valence-corrected chi connectivity index (χ2v) is 13.5. The van der Waals surface area contributed by atoms with Gasteiger partial charge < -0.3 is 15.3 Å². The van der Waals surface area contributed by atoms with Gasteiger partial charge in [-0.2, -0.15) is 10.4 Å². The molecule has 218 valence electrons. The first-order valence-corrected chi connectivity index (χ1v) is 15.1. The Hall–Kier alpha value is -4.24. The average Bonchev–Trinajstić information content (AvgIpc) is 3.63. The summed E-state index contributed by atoms with van der Waals surface area (Å²) in [7, 11) is 0. The number of hydrogen-bond donors (Lipinski definition) is 2. The van der Waals surface area contributed by atoms with E-state index in [1.807, 2.05) is 45.2 Å². The number of piperidine rings is 1. The van der Waals surface area contributed by atoms with E-state index in [9.17, 15) is 15.2 Å². The summed E-state index contributed by atoms with van der Waals surface area (Å²) in [6, 6.07) is 10.0. The van der Waals surface area contributed by atoms with Crippen LogP contribution in [0.5, 0.6) is 0 Å². The largest absolute Gasteiger partial charge is 0.465 e. The normalized spacial score (nSPS) is 20.2. The number of carbonyl (C=O) groups is 1. The lowest BCUT2D eigenvalue weighted by Gasteiger charge is -2.47. The van der Waals surface area contributed by atoms with Crippen LogP contribution in [0.15, 0.2) is 36.7 Å². The number of amides is 1. The van der Waals surface area contributed by atoms with Crippen LogP contribution in [0.25, 0.3) is 27.5 Å². The predicted octanol–water partition coefficient (Wildman–Crippen LogP) is 5.60. The van der Waals surface area contributed by atoms with Gasteiger partial charge in [-0.25, -0.2) is 9.31 Å². The van der Waals surface area contributed by atoms with E-state index in [2.05, 4.69) is 45.4 Å². The van der Waals surface area contributed by atoms with E-state index in [4.69, 9.17) is 4.98 Å². The number of pyridine rings is 1. The van der Waals surface area contributed by atoms with E-state index >= 15 is 0 Å². The summed E-state index contributed by atoms with van der Waals surface area (Å²) >= 11 is 1.54. The Morgan fingerprint density at radius 1 is 1.17 bits per heavy atom. The van der Waals surface area contributed by atoms with E-state index in [1.165, 1.54) is 0 Å². The second-order valence-electron chi connectivity index (χ2n) is 12.5. The molecule has 6 rings (SSSR count). The molecule has 2 bridgehead atoms. The van der Waals surface area contributed by atoms with Crippen molar-refractivity contribution in [2.45, 2.75) is 65.1 Å². The average molecular weight is 586 g/mol. The Balaban J connectivity index is 1.28. The molecule has 1 amide bonds. The van der Waals surface area contributed by atoms with E-state index < -0.39 is 11.6 Å². The van der Waals surface area contributed by atoms with Crippen LogP contribution in [0, 0.1) is 23.2 Å². The van der Waals surface area contributed by atoms with Gasteiger partial charge >= 0.3 is 6.09 Å². The molecule has 0 spiro atoms. The van der Waals surface area contributed by atoms with Gasteiger partial charge in [-0.1, -0.05) is 11.3 Å². The molecule has 1 saturated heterocycles. The maximum absolute atomic E-state index is 12.2. The molecule has 2 fully saturated rings. The minimum atomic E-state index is -0.840. The van der Waals surface area contributed by atoms with E-state index in [1.54, 1.807) is 33.0 Å². The number of aromatic nitrogens is 5. The molecule has 0 radical (unpaired) electrons. The fraction of sp³-hybridized carbons (Fsp3) is 0.467. The highest BCUT2D eigenvalue weighted by molar-refractivity contribution is 7.18. The van der Waals surface area contributed by atoms with Gasteiger partial charge in [-0.15, -0.1) is 10.2 Å². The third kappa shape index (κ3) is 5.02. The summed E-state index contributed by atoms with van der Waals surface area (Å²) < 4.78 is 1.79. The molecule has 1 saturated carbocycles. The first-order valence-electron chi connectivity index (χ1n) is 14.3. The quantitative estimate of drug-likeness (QED) is 0.296. The van der Waals surface area contributed by atoms with Gasteiger partial charge in [0.2, 0.25) is 5.13 Å². The predicted molar refractivity (Wildman–Crippen MR) is 163 cm³/mol. The number of fused-ring (bicyclic) bond motifs is 3. The Labute approximate surface area is 248 Å². The van der Waals surface area contributed by atoms with Crippen LogP contribution >= 0.6 is 11.3 Å². The van der Waals surface area contributed by atoms with E-state index in [0.29, 0.717) is 5.56 Å². The fourth-order valence-electron chi connectivity index (χ4n) is 6.54. The maximum Gasteiger partial charge on any atom is 0.408 e. The van der Waals surface area contributed by atoms with Crippen molar-refractivity contribution < 1.29 is 9.90 Å². The molecule has 0 aromatic carbocycles. The zero-order valence-corrected chi connectivity index (χ0v) is 25.3. The second kappa shape index (κ2) is 10.5. The molecule has 11 nitrogen and oxygen atoms in total. The molecule has 12 heteroatoms. The molecule has 2 aliphatic rings. The Morgan fingerprint density at radius 3 is 2.55 bits per heavy atom. The van der Waals surface area contributed by atoms with Crippen molar-refractivity contribution >= 4 is 33.8 Å². The van der Waals surface area contributed by atoms with E-state index in [0.717, 1.165) is 64.2 Å². The van der Waals surface area contributed by atoms with Gasteiger partial charge in [0.1, 0.15) is 6.07 Å². The van der Waals surface area contributed by atoms with Gasteiger partial charge in [0, 0.05) is 42.6 Å². The topological polar surface area (TPSA) is 136 Å². The van der Waals surface area contributed by atoms with Gasteiger partial charge in [0.05, 0.1) is 34.2 Å². The molecule has 4 aromatic heterocycles. The molecule has 4 aromatic rings. The molecular formula is C30H35N9O2S. The summed E-state index contributed by atoms with van der Waals surface area (Å²) in [6.07, 6.45) is 4.59. The van der Waals surface area contributed by atoms with Crippen LogP contribution in [0.4, 0.5) is 15.6 Å². The van der Waals surface area contributed by atoms with Crippen molar-refractivity contribution in [3.8, 4) is 28.0 Å². The lowest BCUT2D eigenvalue weighted by molar-refractivity contribution is 0.0358. The van der Waals surface area contributed by atoms with Crippen molar-refractivity contribution in [1.29, 1.82) is 5.26 Å². The third-order valence-electron chi connectivity index (χ3n) is 8.17. The van der Waals surface area contributed by atoms with Crippen LogP contribution in [0.2, 0.25) is 0 Å². The van der Waals surface area contributed by atoms with E-state index in [-0.39, 0.29) is 23.9 Å². The number of nitrogens with one attached hydrogen (secondary N) is 1. The third-order valence-corrected chi connectivity index (χ3v) is 9.18. The van der Waals surface area contributed by atoms with Crippen molar-refractivity contribution in [3.63, 3.8) is 0 Å². The van der Waals surface area contributed by atoms with Crippen molar-refractivity contribution in [2.24, 2.45) is 11.8 Å². The highest BCUT2D eigenvalue weighted by Gasteiger charge is 2.49. The summed E-state index contributed by atoms with van der Waals surface area (Å²) in [6.45, 7) is 11.7. The van der Waals surface area contributed by atoms with Crippen molar-refractivity contribution in [3.05, 3.63) is 42.2 Å². The molecule has 1 aliphatic heterocycles. The molecular weight excluding hydrogens is 550 g/mol. The first-order chi connectivity index (χ1) is 20.0. The number of nitrogens with zero attached hydrogens (tertiary/aromatic N) is 8. The van der Waals surface area contributed by atoms with Crippen molar-refractivity contribution in [1.82, 2.24) is 29.7 Å². The standard InChI is InChI=1S/C30H35N9O2S/c1-17(2)34-23-11-24(25-9-8-21-10-18(12-31)13-33-39(21)25)32-14-22(23)27-35-36-28(42-27)37-15-19-6-7-20(16-37)26(19)38(29(40)41)30(3,4)5/h8-11,13-14,17,19-20,26H,6-7,15-16H2,1-5H3,(H,32,34)(H,40,41)/t19-,20+,26?. The number of nitriles is 1.